The van der Waals surface area contributed by atoms with Crippen molar-refractivity contribution >= 4 is 5.91 Å². The highest BCUT2D eigenvalue weighted by Crippen LogP contribution is 2.06. The normalized spacial score (nSPS) is 10.4. The molecule has 0 spiro atoms. The molecule has 3 N–H and O–H groups in total. The zero-order valence-corrected chi connectivity index (χ0v) is 10.8. The van der Waals surface area contributed by atoms with Crippen LogP contribution in [0.5, 0.6) is 0 Å². The maximum atomic E-state index is 11.7. The Hall–Kier alpha value is -2.14. The molecule has 0 saturated heterocycles. The van der Waals surface area contributed by atoms with E-state index in [1.807, 2.05) is 24.3 Å². The predicted octanol–water partition coefficient (Wildman–Crippen LogP) is 1.41. The first-order valence-corrected chi connectivity index (χ1v) is 6.18. The Morgan fingerprint density at radius 3 is 2.58 bits per heavy atom. The maximum absolute atomic E-state index is 11.7. The topological polar surface area (TPSA) is 81.2 Å². The van der Waals surface area contributed by atoms with Crippen molar-refractivity contribution in [1.29, 1.82) is 0 Å². The van der Waals surface area contributed by atoms with Crippen molar-refractivity contribution in [2.24, 2.45) is 5.73 Å². The fourth-order valence-corrected chi connectivity index (χ4v) is 1.73. The molecule has 5 nitrogen and oxygen atoms in total. The minimum Gasteiger partial charge on any atom is -0.351 e. The lowest BCUT2D eigenvalue weighted by Gasteiger charge is -2.04. The molecule has 100 valence electrons. The number of benzene rings is 1. The van der Waals surface area contributed by atoms with Crippen molar-refractivity contribution < 1.29 is 9.32 Å². The number of amides is 1. The number of nitrogens with one attached hydrogen (secondary N) is 1. The highest BCUT2D eigenvalue weighted by Gasteiger charge is 2.10. The molecular formula is C14H17N3O2. The molecule has 0 aliphatic rings. The first-order valence-electron chi connectivity index (χ1n) is 6.18. The molecule has 0 fully saturated rings. The lowest BCUT2D eigenvalue weighted by molar-refractivity contribution is 0.0914. The van der Waals surface area contributed by atoms with Crippen LogP contribution in [-0.2, 0) is 13.0 Å². The first-order chi connectivity index (χ1) is 9.19. The van der Waals surface area contributed by atoms with Gasteiger partial charge in [0, 0.05) is 12.6 Å². The molecule has 0 radical (unpaired) electrons. The minimum atomic E-state index is -0.258. The summed E-state index contributed by atoms with van der Waals surface area (Å²) in [7, 11) is 0. The van der Waals surface area contributed by atoms with Gasteiger partial charge in [-0.2, -0.15) is 0 Å². The van der Waals surface area contributed by atoms with Gasteiger partial charge < -0.3 is 15.6 Å². The molecule has 0 aliphatic heterocycles. The van der Waals surface area contributed by atoms with Crippen LogP contribution in [0, 0.1) is 6.92 Å². The molecular weight excluding hydrogens is 242 g/mol. The van der Waals surface area contributed by atoms with Crippen molar-refractivity contribution in [2.75, 3.05) is 6.54 Å². The SMILES string of the molecule is Cc1cc(C(=O)NCc2ccc(CCN)cc2)on1. The third kappa shape index (κ3) is 3.66. The summed E-state index contributed by atoms with van der Waals surface area (Å²) in [5, 5.41) is 6.46. The first kappa shape index (κ1) is 13.3. The van der Waals surface area contributed by atoms with Crippen LogP contribution in [0.4, 0.5) is 0 Å². The lowest BCUT2D eigenvalue weighted by atomic mass is 10.1. The van der Waals surface area contributed by atoms with E-state index < -0.39 is 0 Å². The second kappa shape index (κ2) is 6.15. The largest absolute Gasteiger partial charge is 0.351 e. The van der Waals surface area contributed by atoms with Crippen LogP contribution in [0.25, 0.3) is 0 Å². The molecule has 1 aromatic heterocycles. The molecule has 0 bridgehead atoms. The summed E-state index contributed by atoms with van der Waals surface area (Å²) in [4.78, 5) is 11.7. The van der Waals surface area contributed by atoms with Crippen LogP contribution in [0.1, 0.15) is 27.4 Å². The van der Waals surface area contributed by atoms with Gasteiger partial charge in [-0.15, -0.1) is 0 Å². The number of aryl methyl sites for hydroxylation is 1. The number of hydrogen-bond donors (Lipinski definition) is 2. The Morgan fingerprint density at radius 2 is 2.00 bits per heavy atom. The van der Waals surface area contributed by atoms with Crippen molar-refractivity contribution in [1.82, 2.24) is 10.5 Å². The molecule has 19 heavy (non-hydrogen) atoms. The Bertz CT molecular complexity index is 546. The van der Waals surface area contributed by atoms with Crippen molar-refractivity contribution in [3.8, 4) is 0 Å². The van der Waals surface area contributed by atoms with Gasteiger partial charge in [0.25, 0.3) is 5.91 Å². The molecule has 5 heteroatoms. The van der Waals surface area contributed by atoms with Crippen LogP contribution in [0.15, 0.2) is 34.9 Å². The fraction of sp³-hybridized carbons (Fsp3) is 0.286. The third-order valence-electron chi connectivity index (χ3n) is 2.76. The van der Waals surface area contributed by atoms with Crippen molar-refractivity contribution in [3.05, 3.63) is 52.9 Å². The number of carbonyl (C=O) groups excluding carboxylic acids is 1. The number of hydrogen-bond acceptors (Lipinski definition) is 4. The Balaban J connectivity index is 1.89. The van der Waals surface area contributed by atoms with E-state index in [0.29, 0.717) is 18.8 Å². The maximum Gasteiger partial charge on any atom is 0.290 e. The van der Waals surface area contributed by atoms with Crippen LogP contribution in [-0.4, -0.2) is 17.6 Å². The van der Waals surface area contributed by atoms with E-state index in [9.17, 15) is 4.79 Å². The summed E-state index contributed by atoms with van der Waals surface area (Å²) < 4.78 is 4.89. The quantitative estimate of drug-likeness (QED) is 0.850. The molecule has 0 unspecified atom stereocenters. The molecule has 1 amide bonds. The van der Waals surface area contributed by atoms with Gasteiger partial charge in [-0.05, 0) is 31.0 Å². The summed E-state index contributed by atoms with van der Waals surface area (Å²) in [6, 6.07) is 9.62. The number of carbonyl (C=O) groups is 1. The van der Waals surface area contributed by atoms with Gasteiger partial charge in [-0.3, -0.25) is 4.79 Å². The van der Waals surface area contributed by atoms with Gasteiger partial charge in [0.2, 0.25) is 5.76 Å². The van der Waals surface area contributed by atoms with Crippen molar-refractivity contribution in [3.63, 3.8) is 0 Å². The standard InChI is InChI=1S/C14H17N3O2/c1-10-8-13(19-17-10)14(18)16-9-12-4-2-11(3-5-12)6-7-15/h2-5,8H,6-7,9,15H2,1H3,(H,16,18). The van der Waals surface area contributed by atoms with E-state index >= 15 is 0 Å². The highest BCUT2D eigenvalue weighted by molar-refractivity contribution is 5.91. The van der Waals surface area contributed by atoms with Gasteiger partial charge in [-0.1, -0.05) is 29.4 Å². The van der Waals surface area contributed by atoms with Gasteiger partial charge in [-0.25, -0.2) is 0 Å². The summed E-state index contributed by atoms with van der Waals surface area (Å²) in [6.45, 7) is 2.87. The van der Waals surface area contributed by atoms with E-state index in [4.69, 9.17) is 10.3 Å². The Labute approximate surface area is 111 Å². The van der Waals surface area contributed by atoms with Crippen LogP contribution < -0.4 is 11.1 Å². The van der Waals surface area contributed by atoms with Crippen LogP contribution in [0.3, 0.4) is 0 Å². The average molecular weight is 259 g/mol. The van der Waals surface area contributed by atoms with Crippen molar-refractivity contribution in [2.45, 2.75) is 19.9 Å². The summed E-state index contributed by atoms with van der Waals surface area (Å²) in [6.07, 6.45) is 0.865. The molecule has 0 atom stereocenters. The van der Waals surface area contributed by atoms with Gasteiger partial charge in [0.1, 0.15) is 0 Å². The number of rotatable bonds is 5. The van der Waals surface area contributed by atoms with Crippen LogP contribution >= 0.6 is 0 Å². The Morgan fingerprint density at radius 1 is 1.32 bits per heavy atom. The third-order valence-corrected chi connectivity index (χ3v) is 2.76. The summed E-state index contributed by atoms with van der Waals surface area (Å²) in [5.74, 6) is -0.0242. The molecule has 2 aromatic rings. The summed E-state index contributed by atoms with van der Waals surface area (Å²) >= 11 is 0. The minimum absolute atomic E-state index is 0.234. The zero-order valence-electron chi connectivity index (χ0n) is 10.8. The second-order valence-corrected chi connectivity index (χ2v) is 4.37. The molecule has 0 saturated carbocycles. The predicted molar refractivity (Wildman–Crippen MR) is 71.6 cm³/mol. The second-order valence-electron chi connectivity index (χ2n) is 4.37. The molecule has 0 aliphatic carbocycles. The number of nitrogens with two attached hydrogens (primary N) is 1. The van der Waals surface area contributed by atoms with E-state index in [-0.39, 0.29) is 11.7 Å². The fourth-order valence-electron chi connectivity index (χ4n) is 1.73. The zero-order chi connectivity index (χ0) is 13.7. The van der Waals surface area contributed by atoms with E-state index in [2.05, 4.69) is 10.5 Å². The van der Waals surface area contributed by atoms with Gasteiger partial charge in [0.05, 0.1) is 5.69 Å². The number of aromatic nitrogens is 1. The van der Waals surface area contributed by atoms with E-state index in [1.165, 1.54) is 5.56 Å². The van der Waals surface area contributed by atoms with Gasteiger partial charge in [0.15, 0.2) is 0 Å². The van der Waals surface area contributed by atoms with Crippen LogP contribution in [0.2, 0.25) is 0 Å². The monoisotopic (exact) mass is 259 g/mol. The van der Waals surface area contributed by atoms with E-state index in [1.54, 1.807) is 13.0 Å². The highest BCUT2D eigenvalue weighted by atomic mass is 16.5. The molecule has 1 aromatic carbocycles. The summed E-state index contributed by atoms with van der Waals surface area (Å²) in [5.41, 5.74) is 8.41. The molecule has 2 rings (SSSR count). The smallest absolute Gasteiger partial charge is 0.290 e. The number of nitrogens with zero attached hydrogens (tertiary/aromatic N) is 1. The van der Waals surface area contributed by atoms with E-state index in [0.717, 1.165) is 12.0 Å². The average Bonchev–Trinajstić information content (AvgIpc) is 2.85. The lowest BCUT2D eigenvalue weighted by Crippen LogP contribution is -2.22. The molecule has 1 heterocycles. The Kier molecular flexibility index (Phi) is 4.30. The van der Waals surface area contributed by atoms with Gasteiger partial charge >= 0.3 is 0 Å².